The molecule has 0 N–H and O–H groups in total. The molecule has 0 saturated carbocycles. The minimum Gasteiger partial charge on any atom is -0.493 e. The van der Waals surface area contributed by atoms with Crippen LogP contribution in [0.2, 0.25) is 0 Å². The van der Waals surface area contributed by atoms with E-state index in [4.69, 9.17) is 18.9 Å². The number of esters is 2. The number of carbonyl (C=O) groups excluding carboxylic acids is 2. The van der Waals surface area contributed by atoms with E-state index in [1.165, 1.54) is 14.2 Å². The molecule has 0 aliphatic heterocycles. The van der Waals surface area contributed by atoms with Gasteiger partial charge in [0.1, 0.15) is 0 Å². The van der Waals surface area contributed by atoms with Gasteiger partial charge in [-0.2, -0.15) is 0 Å². The molecule has 1 aliphatic carbocycles. The van der Waals surface area contributed by atoms with Crippen LogP contribution >= 0.6 is 0 Å². The molecule has 4 aromatic rings. The molecule has 0 unspecified atom stereocenters. The van der Waals surface area contributed by atoms with E-state index < -0.39 is 11.9 Å². The van der Waals surface area contributed by atoms with Gasteiger partial charge in [0.05, 0.1) is 39.6 Å². The lowest BCUT2D eigenvalue weighted by molar-refractivity contribution is 0.0592. The Morgan fingerprint density at radius 1 is 0.575 bits per heavy atom. The van der Waals surface area contributed by atoms with Gasteiger partial charge in [0.25, 0.3) is 0 Å². The van der Waals surface area contributed by atoms with Crippen LogP contribution in [0.5, 0.6) is 11.5 Å². The molecule has 0 spiro atoms. The maximum absolute atomic E-state index is 12.1. The van der Waals surface area contributed by atoms with Crippen molar-refractivity contribution in [3.05, 3.63) is 130 Å². The summed E-state index contributed by atoms with van der Waals surface area (Å²) in [5, 5.41) is 0. The zero-order valence-electron chi connectivity index (χ0n) is 22.7. The molecule has 0 bridgehead atoms. The first kappa shape index (κ1) is 26.5. The molecular weight excluding hydrogens is 504 g/mol. The fourth-order valence-corrected chi connectivity index (χ4v) is 4.96. The van der Waals surface area contributed by atoms with Gasteiger partial charge in [0.15, 0.2) is 11.5 Å². The fourth-order valence-electron chi connectivity index (χ4n) is 4.96. The van der Waals surface area contributed by atoms with Crippen LogP contribution in [0.25, 0.3) is 22.8 Å². The second-order valence-corrected chi connectivity index (χ2v) is 9.11. The van der Waals surface area contributed by atoms with E-state index in [0.717, 1.165) is 44.5 Å². The van der Waals surface area contributed by atoms with Crippen molar-refractivity contribution in [1.82, 2.24) is 0 Å². The van der Waals surface area contributed by atoms with E-state index in [2.05, 4.69) is 18.2 Å². The van der Waals surface area contributed by atoms with Crippen molar-refractivity contribution in [1.29, 1.82) is 0 Å². The lowest BCUT2D eigenvalue weighted by Crippen LogP contribution is -2.02. The first-order valence-corrected chi connectivity index (χ1v) is 12.6. The Hall–Kier alpha value is -5.10. The van der Waals surface area contributed by atoms with Crippen molar-refractivity contribution in [3.8, 4) is 11.5 Å². The summed E-state index contributed by atoms with van der Waals surface area (Å²) in [5.41, 5.74) is 8.67. The molecule has 6 nitrogen and oxygen atoms in total. The van der Waals surface area contributed by atoms with Gasteiger partial charge < -0.3 is 18.9 Å². The van der Waals surface area contributed by atoms with E-state index in [9.17, 15) is 9.59 Å². The molecule has 0 saturated heterocycles. The van der Waals surface area contributed by atoms with Crippen LogP contribution in [0.4, 0.5) is 0 Å². The molecule has 1 aliphatic rings. The highest BCUT2D eigenvalue weighted by atomic mass is 16.5. The van der Waals surface area contributed by atoms with Gasteiger partial charge in [-0.3, -0.25) is 0 Å². The molecule has 0 radical (unpaired) electrons. The Bertz CT molecular complexity index is 1630. The van der Waals surface area contributed by atoms with Crippen molar-refractivity contribution < 1.29 is 28.5 Å². The van der Waals surface area contributed by atoms with Crippen LogP contribution in [0, 0.1) is 0 Å². The first-order valence-electron chi connectivity index (χ1n) is 12.6. The largest absolute Gasteiger partial charge is 0.493 e. The third-order valence-corrected chi connectivity index (χ3v) is 6.92. The maximum Gasteiger partial charge on any atom is 0.337 e. The minimum absolute atomic E-state index is 0.392. The van der Waals surface area contributed by atoms with E-state index >= 15 is 0 Å². The Kier molecular flexibility index (Phi) is 7.51. The average Bonchev–Trinajstić information content (AvgIpc) is 3.38. The van der Waals surface area contributed by atoms with Gasteiger partial charge >= 0.3 is 11.9 Å². The van der Waals surface area contributed by atoms with Gasteiger partial charge in [-0.1, -0.05) is 54.6 Å². The predicted molar refractivity (Wildman–Crippen MR) is 155 cm³/mol. The number of hydrogen-bond donors (Lipinski definition) is 0. The van der Waals surface area contributed by atoms with Crippen LogP contribution in [-0.2, 0) is 9.47 Å². The Morgan fingerprint density at radius 2 is 1.07 bits per heavy atom. The second-order valence-electron chi connectivity index (χ2n) is 9.11. The fraction of sp³-hybridized carbons (Fsp3) is 0.118. The molecule has 4 aromatic carbocycles. The van der Waals surface area contributed by atoms with Crippen molar-refractivity contribution >= 4 is 34.7 Å². The molecule has 0 aromatic heterocycles. The molecule has 0 fully saturated rings. The smallest absolute Gasteiger partial charge is 0.337 e. The lowest BCUT2D eigenvalue weighted by atomic mass is 9.85. The molecule has 5 rings (SSSR count). The molecule has 6 heteroatoms. The predicted octanol–water partition coefficient (Wildman–Crippen LogP) is 6.79. The van der Waals surface area contributed by atoms with Crippen LogP contribution in [0.3, 0.4) is 0 Å². The van der Waals surface area contributed by atoms with Gasteiger partial charge in [0.2, 0.25) is 0 Å². The molecule has 0 heterocycles. The van der Waals surface area contributed by atoms with E-state index in [1.54, 1.807) is 38.5 Å². The first-order chi connectivity index (χ1) is 19.5. The third-order valence-electron chi connectivity index (χ3n) is 6.92. The number of carbonyl (C=O) groups is 2. The average molecular weight is 533 g/mol. The number of ether oxygens (including phenoxy) is 4. The maximum atomic E-state index is 12.1. The summed E-state index contributed by atoms with van der Waals surface area (Å²) in [7, 11) is 5.97. The summed E-state index contributed by atoms with van der Waals surface area (Å²) in [5.74, 6) is 0.455. The quantitative estimate of drug-likeness (QED) is 0.244. The van der Waals surface area contributed by atoms with Crippen molar-refractivity contribution in [3.63, 3.8) is 0 Å². The molecule has 200 valence electrons. The van der Waals surface area contributed by atoms with Crippen molar-refractivity contribution in [2.45, 2.75) is 0 Å². The van der Waals surface area contributed by atoms with Crippen LogP contribution < -0.4 is 9.47 Å². The van der Waals surface area contributed by atoms with Crippen LogP contribution in [0.1, 0.15) is 48.5 Å². The number of benzene rings is 4. The van der Waals surface area contributed by atoms with E-state index in [1.807, 2.05) is 54.6 Å². The second kappa shape index (κ2) is 11.3. The Labute approximate surface area is 233 Å². The van der Waals surface area contributed by atoms with Crippen LogP contribution in [-0.4, -0.2) is 40.4 Å². The highest BCUT2D eigenvalue weighted by molar-refractivity contribution is 6.26. The third kappa shape index (κ3) is 4.87. The van der Waals surface area contributed by atoms with E-state index in [-0.39, 0.29) is 0 Å². The highest BCUT2D eigenvalue weighted by Crippen LogP contribution is 2.50. The molecule has 0 amide bonds. The van der Waals surface area contributed by atoms with Crippen molar-refractivity contribution in [2.24, 2.45) is 0 Å². The number of fused-ring (bicyclic) bond motifs is 1. The Balaban J connectivity index is 1.81. The highest BCUT2D eigenvalue weighted by Gasteiger charge is 2.27. The Morgan fingerprint density at radius 3 is 1.62 bits per heavy atom. The topological polar surface area (TPSA) is 71.1 Å². The lowest BCUT2D eigenvalue weighted by Gasteiger charge is -2.19. The standard InChI is InChI=1S/C34H28O6/c1-37-29-19-26-18-27(21-10-14-24(15-11-21)33(35)39-3)32(28(26)20-30(29)38-2)31(22-8-6-5-7-9-22)23-12-16-25(17-13-23)34(36)40-4/h5-20H,1-4H3/b32-31+. The molecule has 0 atom stereocenters. The summed E-state index contributed by atoms with van der Waals surface area (Å²) >= 11 is 0. The van der Waals surface area contributed by atoms with Crippen molar-refractivity contribution in [2.75, 3.05) is 28.4 Å². The minimum atomic E-state index is -0.394. The SMILES string of the molecule is COC(=O)c1ccc(C2=Cc3cc(OC)c(OC)cc3/C2=C(\c2ccccc2)c2ccc(C(=O)OC)cc2)cc1. The van der Waals surface area contributed by atoms with Gasteiger partial charge in [-0.05, 0) is 87.0 Å². The zero-order chi connectivity index (χ0) is 28.2. The number of allylic oxidation sites excluding steroid dienone is 2. The summed E-state index contributed by atoms with van der Waals surface area (Å²) in [4.78, 5) is 24.2. The summed E-state index contributed by atoms with van der Waals surface area (Å²) < 4.78 is 21.1. The zero-order valence-corrected chi connectivity index (χ0v) is 22.7. The van der Waals surface area contributed by atoms with Gasteiger partial charge in [-0.25, -0.2) is 9.59 Å². The number of methoxy groups -OCH3 is 4. The van der Waals surface area contributed by atoms with Gasteiger partial charge in [-0.15, -0.1) is 0 Å². The van der Waals surface area contributed by atoms with Gasteiger partial charge in [0, 0.05) is 0 Å². The normalized spacial score (nSPS) is 13.2. The molecule has 40 heavy (non-hydrogen) atoms. The number of hydrogen-bond acceptors (Lipinski definition) is 6. The van der Waals surface area contributed by atoms with Crippen LogP contribution in [0.15, 0.2) is 91.0 Å². The summed E-state index contributed by atoms with van der Waals surface area (Å²) in [6.07, 6.45) is 2.12. The molecular formula is C34H28O6. The monoisotopic (exact) mass is 532 g/mol. The van der Waals surface area contributed by atoms with E-state index in [0.29, 0.717) is 22.6 Å². The summed E-state index contributed by atoms with van der Waals surface area (Å²) in [6.45, 7) is 0. The summed E-state index contributed by atoms with van der Waals surface area (Å²) in [6, 6.07) is 28.8. The number of rotatable bonds is 7.